The van der Waals surface area contributed by atoms with Crippen LogP contribution in [0.1, 0.15) is 54.0 Å². The molecule has 0 radical (unpaired) electrons. The van der Waals surface area contributed by atoms with Gasteiger partial charge in [0.2, 0.25) is 5.91 Å². The van der Waals surface area contributed by atoms with Gasteiger partial charge in [-0.05, 0) is 55.0 Å². The lowest BCUT2D eigenvalue weighted by Gasteiger charge is -2.39. The number of carbonyl (C=O) groups is 1. The summed E-state index contributed by atoms with van der Waals surface area (Å²) in [6.07, 6.45) is 5.22. The van der Waals surface area contributed by atoms with Crippen molar-refractivity contribution in [3.05, 3.63) is 64.7 Å². The van der Waals surface area contributed by atoms with Crippen LogP contribution in [0, 0.1) is 12.8 Å². The van der Waals surface area contributed by atoms with Gasteiger partial charge in [-0.2, -0.15) is 0 Å². The minimum absolute atomic E-state index is 0.0930. The Morgan fingerprint density at radius 3 is 2.52 bits per heavy atom. The average Bonchev–Trinajstić information content (AvgIpc) is 3.15. The second-order valence-electron chi connectivity index (χ2n) is 7.46. The number of aryl methyl sites for hydroxylation is 1. The van der Waals surface area contributed by atoms with E-state index in [0.717, 1.165) is 49.8 Å². The fourth-order valence-electron chi connectivity index (χ4n) is 4.36. The molecule has 1 unspecified atom stereocenters. The van der Waals surface area contributed by atoms with Crippen LogP contribution in [0.15, 0.2) is 42.5 Å². The van der Waals surface area contributed by atoms with Gasteiger partial charge in [0, 0.05) is 12.5 Å². The quantitative estimate of drug-likeness (QED) is 0.885. The molecule has 130 valence electrons. The number of carbonyl (C=O) groups excluding carboxylic acids is 1. The Balaban J connectivity index is 1.77. The number of benzene rings is 2. The SMILES string of the molecule is Cc1ccc(C2c3cc(O)ccc3CCN2C(=O)C2CCCC2)cc1. The second-order valence-corrected chi connectivity index (χ2v) is 7.46. The first-order valence-corrected chi connectivity index (χ1v) is 9.32. The fraction of sp³-hybridized carbons (Fsp3) is 0.409. The van der Waals surface area contributed by atoms with Crippen LogP contribution in [-0.4, -0.2) is 22.5 Å². The molecule has 2 aliphatic rings. The van der Waals surface area contributed by atoms with Gasteiger partial charge in [0.25, 0.3) is 0 Å². The zero-order valence-corrected chi connectivity index (χ0v) is 14.7. The summed E-state index contributed by atoms with van der Waals surface area (Å²) in [5.41, 5.74) is 4.65. The molecule has 0 aromatic heterocycles. The summed E-state index contributed by atoms with van der Waals surface area (Å²) in [6, 6.07) is 13.9. The van der Waals surface area contributed by atoms with E-state index in [1.165, 1.54) is 11.1 Å². The first-order chi connectivity index (χ1) is 12.1. The lowest BCUT2D eigenvalue weighted by molar-refractivity contribution is -0.137. The van der Waals surface area contributed by atoms with Gasteiger partial charge in [-0.3, -0.25) is 4.79 Å². The molecule has 2 aromatic carbocycles. The van der Waals surface area contributed by atoms with Crippen molar-refractivity contribution in [1.82, 2.24) is 4.90 Å². The predicted molar refractivity (Wildman–Crippen MR) is 98.5 cm³/mol. The first-order valence-electron chi connectivity index (χ1n) is 9.32. The molecule has 1 fully saturated rings. The van der Waals surface area contributed by atoms with Crippen LogP contribution in [0.2, 0.25) is 0 Å². The number of fused-ring (bicyclic) bond motifs is 1. The van der Waals surface area contributed by atoms with Crippen molar-refractivity contribution in [1.29, 1.82) is 0 Å². The summed E-state index contributed by atoms with van der Waals surface area (Å²) >= 11 is 0. The van der Waals surface area contributed by atoms with Gasteiger partial charge in [0.1, 0.15) is 5.75 Å². The molecule has 2 aromatic rings. The van der Waals surface area contributed by atoms with Crippen LogP contribution in [-0.2, 0) is 11.2 Å². The molecule has 1 atom stereocenters. The van der Waals surface area contributed by atoms with E-state index in [0.29, 0.717) is 0 Å². The lowest BCUT2D eigenvalue weighted by Crippen LogP contribution is -2.43. The topological polar surface area (TPSA) is 40.5 Å². The third-order valence-electron chi connectivity index (χ3n) is 5.74. The van der Waals surface area contributed by atoms with Gasteiger partial charge in [-0.15, -0.1) is 0 Å². The highest BCUT2D eigenvalue weighted by atomic mass is 16.3. The Hall–Kier alpha value is -2.29. The van der Waals surface area contributed by atoms with Gasteiger partial charge in [0.05, 0.1) is 6.04 Å². The molecule has 3 nitrogen and oxygen atoms in total. The zero-order chi connectivity index (χ0) is 17.4. The molecular weight excluding hydrogens is 310 g/mol. The summed E-state index contributed by atoms with van der Waals surface area (Å²) in [4.78, 5) is 15.3. The van der Waals surface area contributed by atoms with Crippen molar-refractivity contribution in [2.75, 3.05) is 6.54 Å². The van der Waals surface area contributed by atoms with Crippen molar-refractivity contribution in [2.24, 2.45) is 5.92 Å². The largest absolute Gasteiger partial charge is 0.508 e. The summed E-state index contributed by atoms with van der Waals surface area (Å²) in [6.45, 7) is 2.83. The van der Waals surface area contributed by atoms with Crippen molar-refractivity contribution in [2.45, 2.75) is 45.1 Å². The summed E-state index contributed by atoms with van der Waals surface area (Å²) in [5, 5.41) is 10.0. The molecule has 1 saturated carbocycles. The molecule has 1 heterocycles. The van der Waals surface area contributed by atoms with E-state index in [1.54, 1.807) is 6.07 Å². The molecule has 4 rings (SSSR count). The molecule has 0 spiro atoms. The van der Waals surface area contributed by atoms with E-state index in [2.05, 4.69) is 36.1 Å². The van der Waals surface area contributed by atoms with Crippen LogP contribution in [0.5, 0.6) is 5.75 Å². The van der Waals surface area contributed by atoms with Gasteiger partial charge < -0.3 is 10.0 Å². The fourth-order valence-corrected chi connectivity index (χ4v) is 4.36. The van der Waals surface area contributed by atoms with Crippen LogP contribution in [0.25, 0.3) is 0 Å². The molecule has 1 aliphatic heterocycles. The monoisotopic (exact) mass is 335 g/mol. The number of nitrogens with zero attached hydrogens (tertiary/aromatic N) is 1. The van der Waals surface area contributed by atoms with Gasteiger partial charge in [-0.1, -0.05) is 48.7 Å². The van der Waals surface area contributed by atoms with Gasteiger partial charge in [0.15, 0.2) is 0 Å². The summed E-state index contributed by atoms with van der Waals surface area (Å²) in [5.74, 6) is 0.731. The summed E-state index contributed by atoms with van der Waals surface area (Å²) in [7, 11) is 0. The molecular formula is C22H25NO2. The summed E-state index contributed by atoms with van der Waals surface area (Å²) < 4.78 is 0. The van der Waals surface area contributed by atoms with Crippen molar-refractivity contribution in [3.8, 4) is 5.75 Å². The Morgan fingerprint density at radius 2 is 1.80 bits per heavy atom. The predicted octanol–water partition coefficient (Wildman–Crippen LogP) is 4.36. The van der Waals surface area contributed by atoms with Gasteiger partial charge in [-0.25, -0.2) is 0 Å². The van der Waals surface area contributed by atoms with E-state index < -0.39 is 0 Å². The van der Waals surface area contributed by atoms with E-state index in [1.807, 2.05) is 12.1 Å². The third kappa shape index (κ3) is 3.04. The van der Waals surface area contributed by atoms with E-state index >= 15 is 0 Å². The Morgan fingerprint density at radius 1 is 1.08 bits per heavy atom. The van der Waals surface area contributed by atoms with E-state index in [9.17, 15) is 9.90 Å². The number of hydrogen-bond donors (Lipinski definition) is 1. The second kappa shape index (κ2) is 6.55. The van der Waals surface area contributed by atoms with Gasteiger partial charge >= 0.3 is 0 Å². The zero-order valence-electron chi connectivity index (χ0n) is 14.7. The number of amides is 1. The normalized spacial score (nSPS) is 20.5. The Kier molecular flexibility index (Phi) is 4.24. The Labute approximate surface area is 149 Å². The highest BCUT2D eigenvalue weighted by molar-refractivity contribution is 5.80. The molecule has 0 bridgehead atoms. The number of aromatic hydroxyl groups is 1. The number of phenols is 1. The maximum atomic E-state index is 13.2. The van der Waals surface area contributed by atoms with Crippen LogP contribution in [0.3, 0.4) is 0 Å². The minimum Gasteiger partial charge on any atom is -0.508 e. The molecule has 1 amide bonds. The van der Waals surface area contributed by atoms with Crippen molar-refractivity contribution in [3.63, 3.8) is 0 Å². The van der Waals surface area contributed by atoms with E-state index in [4.69, 9.17) is 0 Å². The van der Waals surface area contributed by atoms with Crippen molar-refractivity contribution < 1.29 is 9.90 Å². The number of hydrogen-bond acceptors (Lipinski definition) is 2. The smallest absolute Gasteiger partial charge is 0.226 e. The Bertz CT molecular complexity index is 775. The molecule has 1 aliphatic carbocycles. The standard InChI is InChI=1S/C22H25NO2/c1-15-6-8-17(9-7-15)21-20-14-19(24)11-10-16(20)12-13-23(21)22(25)18-4-2-3-5-18/h6-11,14,18,21,24H,2-5,12-13H2,1H3. The maximum Gasteiger partial charge on any atom is 0.226 e. The first kappa shape index (κ1) is 16.2. The molecule has 25 heavy (non-hydrogen) atoms. The van der Waals surface area contributed by atoms with E-state index in [-0.39, 0.29) is 23.6 Å². The van der Waals surface area contributed by atoms with Crippen molar-refractivity contribution >= 4 is 5.91 Å². The van der Waals surface area contributed by atoms with Crippen LogP contribution < -0.4 is 0 Å². The lowest BCUT2D eigenvalue weighted by atomic mass is 9.86. The maximum absolute atomic E-state index is 13.2. The van der Waals surface area contributed by atoms with Crippen LogP contribution in [0.4, 0.5) is 0 Å². The van der Waals surface area contributed by atoms with Crippen LogP contribution >= 0.6 is 0 Å². The molecule has 3 heteroatoms. The average molecular weight is 335 g/mol. The number of rotatable bonds is 2. The highest BCUT2D eigenvalue weighted by Gasteiger charge is 2.36. The highest BCUT2D eigenvalue weighted by Crippen LogP contribution is 2.39. The number of phenolic OH excluding ortho intramolecular Hbond substituents is 1. The molecule has 0 saturated heterocycles. The minimum atomic E-state index is -0.0930. The molecule has 1 N–H and O–H groups in total. The third-order valence-corrected chi connectivity index (χ3v) is 5.74.